The Bertz CT molecular complexity index is 608. The highest BCUT2D eigenvalue weighted by molar-refractivity contribution is 7.89. The smallest absolute Gasteiger partial charge is 0.246 e. The Balaban J connectivity index is 1.98. The molecule has 2 aliphatic rings. The summed E-state index contributed by atoms with van der Waals surface area (Å²) in [5.74, 6) is -0.452. The first-order chi connectivity index (χ1) is 9.00. The minimum Gasteiger partial charge on any atom is -0.315 e. The zero-order chi connectivity index (χ0) is 13.6. The maximum atomic E-state index is 13.8. The van der Waals surface area contributed by atoms with E-state index < -0.39 is 15.8 Å². The van der Waals surface area contributed by atoms with Crippen LogP contribution in [0, 0.1) is 11.7 Å². The minimum atomic E-state index is -3.78. The van der Waals surface area contributed by atoms with Gasteiger partial charge in [0, 0.05) is 24.2 Å². The molecule has 2 heterocycles. The topological polar surface area (TPSA) is 49.4 Å². The van der Waals surface area contributed by atoms with Gasteiger partial charge in [-0.15, -0.1) is 0 Å². The highest BCUT2D eigenvalue weighted by atomic mass is 35.5. The molecule has 0 bridgehead atoms. The van der Waals surface area contributed by atoms with Gasteiger partial charge in [-0.2, -0.15) is 4.31 Å². The summed E-state index contributed by atoms with van der Waals surface area (Å²) in [6.45, 7) is 1.93. The molecular formula is C12H14ClFN2O2S. The lowest BCUT2D eigenvalue weighted by Gasteiger charge is -2.23. The Morgan fingerprint density at radius 1 is 1.37 bits per heavy atom. The minimum absolute atomic E-state index is 0.0555. The summed E-state index contributed by atoms with van der Waals surface area (Å²) in [6.07, 6.45) is 0.826. The molecule has 2 saturated heterocycles. The first-order valence-corrected chi connectivity index (χ1v) is 7.99. The van der Waals surface area contributed by atoms with Crippen LogP contribution in [0.2, 0.25) is 5.02 Å². The molecule has 0 spiro atoms. The number of benzene rings is 1. The lowest BCUT2D eigenvalue weighted by Crippen LogP contribution is -2.39. The summed E-state index contributed by atoms with van der Waals surface area (Å²) >= 11 is 5.66. The molecular weight excluding hydrogens is 291 g/mol. The van der Waals surface area contributed by atoms with Gasteiger partial charge in [0.15, 0.2) is 0 Å². The number of hydrogen-bond donors (Lipinski definition) is 1. The van der Waals surface area contributed by atoms with Crippen LogP contribution in [0.5, 0.6) is 0 Å². The molecule has 2 atom stereocenters. The number of nitrogens with zero attached hydrogens (tertiary/aromatic N) is 1. The maximum Gasteiger partial charge on any atom is 0.246 e. The van der Waals surface area contributed by atoms with Crippen LogP contribution in [-0.2, 0) is 10.0 Å². The van der Waals surface area contributed by atoms with E-state index in [9.17, 15) is 12.8 Å². The van der Waals surface area contributed by atoms with Crippen molar-refractivity contribution >= 4 is 21.6 Å². The molecule has 7 heteroatoms. The Labute approximate surface area is 116 Å². The van der Waals surface area contributed by atoms with E-state index >= 15 is 0 Å². The number of hydrogen-bond acceptors (Lipinski definition) is 3. The van der Waals surface area contributed by atoms with Crippen LogP contribution in [0.4, 0.5) is 4.39 Å². The van der Waals surface area contributed by atoms with Crippen LogP contribution in [0.1, 0.15) is 6.42 Å². The molecule has 2 aliphatic heterocycles. The van der Waals surface area contributed by atoms with Gasteiger partial charge in [0.05, 0.1) is 0 Å². The molecule has 1 N–H and O–H groups in total. The number of sulfonamides is 1. The van der Waals surface area contributed by atoms with Crippen molar-refractivity contribution in [1.29, 1.82) is 0 Å². The van der Waals surface area contributed by atoms with E-state index in [0.717, 1.165) is 19.0 Å². The largest absolute Gasteiger partial charge is 0.315 e. The van der Waals surface area contributed by atoms with E-state index in [0.29, 0.717) is 19.0 Å². The zero-order valence-corrected chi connectivity index (χ0v) is 11.7. The monoisotopic (exact) mass is 304 g/mol. The number of nitrogens with one attached hydrogen (secondary N) is 1. The summed E-state index contributed by atoms with van der Waals surface area (Å²) in [4.78, 5) is -0.288. The van der Waals surface area contributed by atoms with Crippen LogP contribution in [0.3, 0.4) is 0 Å². The molecule has 19 heavy (non-hydrogen) atoms. The van der Waals surface area contributed by atoms with E-state index in [-0.39, 0.29) is 16.0 Å². The molecule has 0 aliphatic carbocycles. The molecule has 4 nitrogen and oxygen atoms in total. The van der Waals surface area contributed by atoms with E-state index in [1.165, 1.54) is 16.4 Å². The van der Waals surface area contributed by atoms with Crippen LogP contribution < -0.4 is 5.32 Å². The highest BCUT2D eigenvalue weighted by Gasteiger charge is 2.44. The Kier molecular flexibility index (Phi) is 3.29. The molecule has 2 fully saturated rings. The van der Waals surface area contributed by atoms with Crippen molar-refractivity contribution < 1.29 is 12.8 Å². The lowest BCUT2D eigenvalue weighted by molar-refractivity contribution is 0.380. The first-order valence-electron chi connectivity index (χ1n) is 6.18. The SMILES string of the molecule is O=S(=O)(c1ccc(Cl)cc1F)N1CC[C@H]2CNC[C@H]21. The van der Waals surface area contributed by atoms with Crippen molar-refractivity contribution in [3.63, 3.8) is 0 Å². The van der Waals surface area contributed by atoms with Crippen molar-refractivity contribution in [3.8, 4) is 0 Å². The fraction of sp³-hybridized carbons (Fsp3) is 0.500. The van der Waals surface area contributed by atoms with Crippen molar-refractivity contribution in [3.05, 3.63) is 29.0 Å². The fourth-order valence-electron chi connectivity index (χ4n) is 2.92. The normalized spacial score (nSPS) is 27.7. The predicted octanol–water partition coefficient (Wildman–Crippen LogP) is 1.46. The summed E-state index contributed by atoms with van der Waals surface area (Å²) in [5, 5.41) is 3.37. The van der Waals surface area contributed by atoms with Crippen LogP contribution >= 0.6 is 11.6 Å². The Morgan fingerprint density at radius 3 is 2.89 bits per heavy atom. The molecule has 0 aromatic heterocycles. The van der Waals surface area contributed by atoms with Crippen molar-refractivity contribution in [1.82, 2.24) is 9.62 Å². The lowest BCUT2D eigenvalue weighted by atomic mass is 10.1. The summed E-state index contributed by atoms with van der Waals surface area (Å²) in [6, 6.07) is 3.62. The standard InChI is InChI=1S/C12H14ClFN2O2S/c13-9-1-2-12(10(14)5-9)19(17,18)16-4-3-8-6-15-7-11(8)16/h1-2,5,8,11,15H,3-4,6-7H2/t8-,11+/m0/s1. The predicted molar refractivity (Wildman–Crippen MR) is 70.1 cm³/mol. The third-order valence-electron chi connectivity index (χ3n) is 3.87. The second-order valence-corrected chi connectivity index (χ2v) is 7.26. The molecule has 0 radical (unpaired) electrons. The number of fused-ring (bicyclic) bond motifs is 1. The quantitative estimate of drug-likeness (QED) is 0.900. The van der Waals surface area contributed by atoms with Gasteiger partial charge >= 0.3 is 0 Å². The zero-order valence-electron chi connectivity index (χ0n) is 10.1. The molecule has 3 rings (SSSR count). The number of halogens is 2. The molecule has 0 unspecified atom stereocenters. The molecule has 1 aromatic carbocycles. The van der Waals surface area contributed by atoms with Crippen LogP contribution in [0.25, 0.3) is 0 Å². The summed E-state index contributed by atoms with van der Waals surface area (Å²) in [5.41, 5.74) is 0. The van der Waals surface area contributed by atoms with E-state index in [2.05, 4.69) is 5.32 Å². The first kappa shape index (κ1) is 13.3. The van der Waals surface area contributed by atoms with E-state index in [1.54, 1.807) is 0 Å². The number of rotatable bonds is 2. The molecule has 0 saturated carbocycles. The molecule has 104 valence electrons. The van der Waals surface area contributed by atoms with Crippen LogP contribution in [-0.4, -0.2) is 38.4 Å². The second kappa shape index (κ2) is 4.70. The fourth-order valence-corrected chi connectivity index (χ4v) is 4.82. The van der Waals surface area contributed by atoms with Gasteiger partial charge in [0.2, 0.25) is 10.0 Å². The summed E-state index contributed by atoms with van der Waals surface area (Å²) < 4.78 is 40.3. The van der Waals surface area contributed by atoms with Gasteiger partial charge in [0.1, 0.15) is 10.7 Å². The van der Waals surface area contributed by atoms with Gasteiger partial charge < -0.3 is 5.32 Å². The van der Waals surface area contributed by atoms with Crippen molar-refractivity contribution in [2.45, 2.75) is 17.4 Å². The van der Waals surface area contributed by atoms with Crippen molar-refractivity contribution in [2.24, 2.45) is 5.92 Å². The highest BCUT2D eigenvalue weighted by Crippen LogP contribution is 2.33. The van der Waals surface area contributed by atoms with Gasteiger partial charge in [0.25, 0.3) is 0 Å². The average Bonchev–Trinajstić information content (AvgIpc) is 2.88. The Morgan fingerprint density at radius 2 is 2.16 bits per heavy atom. The average molecular weight is 305 g/mol. The van der Waals surface area contributed by atoms with E-state index in [4.69, 9.17) is 11.6 Å². The second-order valence-electron chi connectivity index (χ2n) is 4.96. The molecule has 1 aromatic rings. The van der Waals surface area contributed by atoms with Gasteiger partial charge in [-0.1, -0.05) is 11.6 Å². The molecule has 0 amide bonds. The van der Waals surface area contributed by atoms with Gasteiger partial charge in [-0.05, 0) is 37.1 Å². The third-order valence-corrected chi connectivity index (χ3v) is 6.07. The third kappa shape index (κ3) is 2.16. The Hall–Kier alpha value is -0.690. The van der Waals surface area contributed by atoms with Gasteiger partial charge in [-0.25, -0.2) is 12.8 Å². The summed E-state index contributed by atoms with van der Waals surface area (Å²) in [7, 11) is -3.78. The van der Waals surface area contributed by atoms with Crippen LogP contribution in [0.15, 0.2) is 23.1 Å². The van der Waals surface area contributed by atoms with E-state index in [1.807, 2.05) is 0 Å². The maximum absolute atomic E-state index is 13.8. The van der Waals surface area contributed by atoms with Gasteiger partial charge in [-0.3, -0.25) is 0 Å². The van der Waals surface area contributed by atoms with Crippen molar-refractivity contribution in [2.75, 3.05) is 19.6 Å².